The molecular weight excluding hydrogens is 339 g/mol. The normalized spacial score (nSPS) is 13.1. The lowest BCUT2D eigenvalue weighted by atomic mass is 10.1. The molecule has 1 heterocycles. The number of carbonyl (C=O) groups is 1. The van der Waals surface area contributed by atoms with Crippen LogP contribution in [-0.2, 0) is 11.3 Å². The van der Waals surface area contributed by atoms with Crippen LogP contribution in [0.15, 0.2) is 40.9 Å². The van der Waals surface area contributed by atoms with E-state index in [4.69, 9.17) is 4.74 Å². The molecule has 0 fully saturated rings. The summed E-state index contributed by atoms with van der Waals surface area (Å²) in [6.45, 7) is 0.598. The molecule has 2 aromatic rings. The van der Waals surface area contributed by atoms with E-state index < -0.39 is 0 Å². The van der Waals surface area contributed by atoms with Gasteiger partial charge in [-0.2, -0.15) is 0 Å². The Labute approximate surface area is 129 Å². The number of carbonyl (C=O) groups excluding carboxylic acids is 1. The monoisotopic (exact) mass is 350 g/mol. The first-order chi connectivity index (χ1) is 10.1. The molecular formula is C15H12BrFN2O2. The van der Waals surface area contributed by atoms with E-state index in [0.717, 1.165) is 11.3 Å². The number of fused-ring (bicyclic) bond motifs is 1. The van der Waals surface area contributed by atoms with Gasteiger partial charge >= 0.3 is 0 Å². The van der Waals surface area contributed by atoms with Crippen molar-refractivity contribution >= 4 is 33.2 Å². The molecule has 0 spiro atoms. The lowest BCUT2D eigenvalue weighted by molar-refractivity contribution is -0.118. The quantitative estimate of drug-likeness (QED) is 0.890. The molecule has 1 aliphatic rings. The molecule has 0 atom stereocenters. The van der Waals surface area contributed by atoms with Gasteiger partial charge in [-0.25, -0.2) is 4.39 Å². The van der Waals surface area contributed by atoms with Crippen molar-refractivity contribution in [2.24, 2.45) is 0 Å². The summed E-state index contributed by atoms with van der Waals surface area (Å²) >= 11 is 3.31. The Morgan fingerprint density at radius 3 is 2.95 bits per heavy atom. The summed E-state index contributed by atoms with van der Waals surface area (Å²) in [4.78, 5) is 11.3. The third kappa shape index (κ3) is 3.16. The van der Waals surface area contributed by atoms with Crippen LogP contribution in [0.4, 0.5) is 15.8 Å². The Kier molecular flexibility index (Phi) is 3.79. The second kappa shape index (κ2) is 5.73. The van der Waals surface area contributed by atoms with Gasteiger partial charge in [-0.3, -0.25) is 4.79 Å². The SMILES string of the molecule is O=C1COc2ccc(CNc3ccc(F)cc3Br)cc2N1. The summed E-state index contributed by atoms with van der Waals surface area (Å²) in [5.41, 5.74) is 2.45. The van der Waals surface area contributed by atoms with E-state index in [0.29, 0.717) is 22.5 Å². The average molecular weight is 351 g/mol. The molecule has 108 valence electrons. The van der Waals surface area contributed by atoms with Gasteiger partial charge in [-0.05, 0) is 51.8 Å². The van der Waals surface area contributed by atoms with Crippen molar-refractivity contribution in [1.29, 1.82) is 0 Å². The smallest absolute Gasteiger partial charge is 0.262 e. The highest BCUT2D eigenvalue weighted by Crippen LogP contribution is 2.29. The molecule has 0 aliphatic carbocycles. The summed E-state index contributed by atoms with van der Waals surface area (Å²) in [5.74, 6) is 0.219. The van der Waals surface area contributed by atoms with E-state index in [1.165, 1.54) is 12.1 Å². The second-order valence-electron chi connectivity index (χ2n) is 4.65. The van der Waals surface area contributed by atoms with Crippen molar-refractivity contribution in [3.05, 3.63) is 52.3 Å². The maximum Gasteiger partial charge on any atom is 0.262 e. The van der Waals surface area contributed by atoms with Gasteiger partial charge in [-0.1, -0.05) is 6.07 Å². The summed E-state index contributed by atoms with van der Waals surface area (Å²) < 4.78 is 19.0. The molecule has 2 N–H and O–H groups in total. The number of rotatable bonds is 3. The summed E-state index contributed by atoms with van der Waals surface area (Å²) in [6.07, 6.45) is 0. The van der Waals surface area contributed by atoms with Crippen LogP contribution < -0.4 is 15.4 Å². The van der Waals surface area contributed by atoms with Crippen LogP contribution in [0.3, 0.4) is 0 Å². The van der Waals surface area contributed by atoms with Crippen LogP contribution in [0, 0.1) is 5.82 Å². The fraction of sp³-hybridized carbons (Fsp3) is 0.133. The van der Waals surface area contributed by atoms with Crippen molar-refractivity contribution in [1.82, 2.24) is 0 Å². The number of amides is 1. The molecule has 0 aromatic heterocycles. The third-order valence-corrected chi connectivity index (χ3v) is 3.75. The van der Waals surface area contributed by atoms with E-state index in [2.05, 4.69) is 26.6 Å². The standard InChI is InChI=1S/C15H12BrFN2O2/c16-11-6-10(17)2-3-12(11)18-7-9-1-4-14-13(5-9)19-15(20)8-21-14/h1-6,18H,7-8H2,(H,19,20). The zero-order valence-corrected chi connectivity index (χ0v) is 12.5. The van der Waals surface area contributed by atoms with E-state index in [1.54, 1.807) is 6.07 Å². The number of halogens is 2. The van der Waals surface area contributed by atoms with Gasteiger partial charge in [0.15, 0.2) is 6.61 Å². The summed E-state index contributed by atoms with van der Waals surface area (Å²) in [6, 6.07) is 10.1. The number of anilines is 2. The van der Waals surface area contributed by atoms with Crippen LogP contribution in [0.5, 0.6) is 5.75 Å². The first-order valence-corrected chi connectivity index (χ1v) is 7.15. The maximum atomic E-state index is 13.0. The number of benzene rings is 2. The average Bonchev–Trinajstić information content (AvgIpc) is 2.46. The van der Waals surface area contributed by atoms with E-state index in [-0.39, 0.29) is 18.3 Å². The van der Waals surface area contributed by atoms with Gasteiger partial charge in [-0.15, -0.1) is 0 Å². The zero-order chi connectivity index (χ0) is 14.8. The maximum absolute atomic E-state index is 13.0. The molecule has 0 radical (unpaired) electrons. The number of nitrogens with one attached hydrogen (secondary N) is 2. The first kappa shape index (κ1) is 13.9. The molecule has 1 aliphatic heterocycles. The van der Waals surface area contributed by atoms with Crippen LogP contribution >= 0.6 is 15.9 Å². The molecule has 0 saturated heterocycles. The van der Waals surface area contributed by atoms with Crippen molar-refractivity contribution in [3.8, 4) is 5.75 Å². The second-order valence-corrected chi connectivity index (χ2v) is 5.50. The highest BCUT2D eigenvalue weighted by atomic mass is 79.9. The molecule has 6 heteroatoms. The molecule has 21 heavy (non-hydrogen) atoms. The molecule has 0 saturated carbocycles. The molecule has 3 rings (SSSR count). The minimum atomic E-state index is -0.291. The Hall–Kier alpha value is -2.08. The number of ether oxygens (including phenoxy) is 1. The van der Waals surface area contributed by atoms with Crippen LogP contribution in [0.1, 0.15) is 5.56 Å². The van der Waals surface area contributed by atoms with Crippen LogP contribution in [0.2, 0.25) is 0 Å². The molecule has 0 bridgehead atoms. The number of hydrogen-bond acceptors (Lipinski definition) is 3. The zero-order valence-electron chi connectivity index (χ0n) is 11.0. The Morgan fingerprint density at radius 2 is 2.14 bits per heavy atom. The molecule has 2 aromatic carbocycles. The van der Waals surface area contributed by atoms with Gasteiger partial charge in [0.25, 0.3) is 5.91 Å². The number of hydrogen-bond donors (Lipinski definition) is 2. The minimum absolute atomic E-state index is 0.0487. The van der Waals surface area contributed by atoms with Gasteiger partial charge in [0.05, 0.1) is 5.69 Å². The van der Waals surface area contributed by atoms with Crippen molar-refractivity contribution in [2.45, 2.75) is 6.54 Å². The minimum Gasteiger partial charge on any atom is -0.482 e. The highest BCUT2D eigenvalue weighted by Gasteiger charge is 2.15. The topological polar surface area (TPSA) is 50.4 Å². The largest absolute Gasteiger partial charge is 0.482 e. The predicted octanol–water partition coefficient (Wildman–Crippen LogP) is 3.53. The fourth-order valence-corrected chi connectivity index (χ4v) is 2.56. The van der Waals surface area contributed by atoms with Crippen LogP contribution in [0.25, 0.3) is 0 Å². The van der Waals surface area contributed by atoms with Gasteiger partial charge in [0.1, 0.15) is 11.6 Å². The van der Waals surface area contributed by atoms with Crippen molar-refractivity contribution < 1.29 is 13.9 Å². The van der Waals surface area contributed by atoms with Crippen molar-refractivity contribution in [3.63, 3.8) is 0 Å². The summed E-state index contributed by atoms with van der Waals surface area (Å²) in [7, 11) is 0. The Balaban J connectivity index is 1.73. The Bertz CT molecular complexity index is 706. The lowest BCUT2D eigenvalue weighted by Gasteiger charge is -2.18. The molecule has 4 nitrogen and oxygen atoms in total. The van der Waals surface area contributed by atoms with E-state index in [9.17, 15) is 9.18 Å². The predicted molar refractivity (Wildman–Crippen MR) is 82.0 cm³/mol. The van der Waals surface area contributed by atoms with Gasteiger partial charge in [0, 0.05) is 16.7 Å². The Morgan fingerprint density at radius 1 is 1.29 bits per heavy atom. The summed E-state index contributed by atoms with van der Waals surface area (Å²) in [5, 5.41) is 5.97. The van der Waals surface area contributed by atoms with E-state index >= 15 is 0 Å². The van der Waals surface area contributed by atoms with E-state index in [1.807, 2.05) is 18.2 Å². The van der Waals surface area contributed by atoms with Gasteiger partial charge < -0.3 is 15.4 Å². The lowest BCUT2D eigenvalue weighted by Crippen LogP contribution is -2.25. The van der Waals surface area contributed by atoms with Gasteiger partial charge in [0.2, 0.25) is 0 Å². The molecule has 1 amide bonds. The highest BCUT2D eigenvalue weighted by molar-refractivity contribution is 9.10. The van der Waals surface area contributed by atoms with Crippen molar-refractivity contribution in [2.75, 3.05) is 17.2 Å². The first-order valence-electron chi connectivity index (χ1n) is 6.36. The molecule has 0 unspecified atom stereocenters. The fourth-order valence-electron chi connectivity index (χ4n) is 2.07. The van der Waals surface area contributed by atoms with Crippen LogP contribution in [-0.4, -0.2) is 12.5 Å². The third-order valence-electron chi connectivity index (χ3n) is 3.09.